The van der Waals surface area contributed by atoms with Gasteiger partial charge in [0.25, 0.3) is 0 Å². The third-order valence-corrected chi connectivity index (χ3v) is 1.56. The molecule has 0 amide bonds. The van der Waals surface area contributed by atoms with Crippen LogP contribution in [0.3, 0.4) is 0 Å². The van der Waals surface area contributed by atoms with E-state index in [0.717, 1.165) is 19.8 Å². The van der Waals surface area contributed by atoms with E-state index in [9.17, 15) is 0 Å². The average Bonchev–Trinajstić information content (AvgIpc) is 1.87. The van der Waals surface area contributed by atoms with Crippen LogP contribution in [-0.2, 0) is 32.7 Å². The molecule has 2 nitrogen and oxygen atoms in total. The normalized spacial score (nSPS) is 10.2. The van der Waals surface area contributed by atoms with Crippen molar-refractivity contribution in [3.05, 3.63) is 0 Å². The summed E-state index contributed by atoms with van der Waals surface area (Å²) < 4.78 is 0. The Bertz CT molecular complexity index is 60.6. The molecule has 0 aromatic carbocycles. The van der Waals surface area contributed by atoms with Crippen molar-refractivity contribution in [1.29, 1.82) is 0 Å². The van der Waals surface area contributed by atoms with Crippen LogP contribution in [0.15, 0.2) is 0 Å². The van der Waals surface area contributed by atoms with Gasteiger partial charge in [0.05, 0.1) is 0 Å². The summed E-state index contributed by atoms with van der Waals surface area (Å²) in [5, 5.41) is 0. The summed E-state index contributed by atoms with van der Waals surface area (Å²) in [6, 6.07) is 0. The van der Waals surface area contributed by atoms with Gasteiger partial charge in [-0.05, 0) is 27.2 Å². The summed E-state index contributed by atoms with van der Waals surface area (Å²) in [6.07, 6.45) is 0. The van der Waals surface area contributed by atoms with Crippen molar-refractivity contribution in [2.45, 2.75) is 13.8 Å². The zero-order valence-electron chi connectivity index (χ0n) is 7.59. The third kappa shape index (κ3) is 7.13. The molecule has 0 aliphatic rings. The van der Waals surface area contributed by atoms with Gasteiger partial charge in [-0.2, -0.15) is 0 Å². The Morgan fingerprint density at radius 2 is 1.20 bits per heavy atom. The van der Waals surface area contributed by atoms with E-state index >= 15 is 0 Å². The molecule has 3 heteroatoms. The average molecular weight is 219 g/mol. The first-order chi connectivity index (χ1) is 4.20. The van der Waals surface area contributed by atoms with Gasteiger partial charge in [-0.15, -0.1) is 0 Å². The maximum atomic E-state index is 2.28. The molecule has 0 heterocycles. The molecule has 0 aromatic rings. The zero-order chi connectivity index (χ0) is 7.28. The molecule has 0 aliphatic carbocycles. The van der Waals surface area contributed by atoms with E-state index in [-0.39, 0.29) is 32.7 Å². The molecule has 0 aromatic heterocycles. The Morgan fingerprint density at radius 3 is 1.40 bits per heavy atom. The van der Waals surface area contributed by atoms with E-state index in [1.165, 1.54) is 0 Å². The van der Waals surface area contributed by atoms with Gasteiger partial charge in [0, 0.05) is 39.4 Å². The Labute approximate surface area is 89.8 Å². The number of hydrogen-bond acceptors (Lipinski definition) is 2. The SMILES string of the molecule is CCN(C)CN(C)CC.[Y]. The zero-order valence-corrected chi connectivity index (χ0v) is 10.4. The second-order valence-corrected chi connectivity index (χ2v) is 2.49. The van der Waals surface area contributed by atoms with Crippen LogP contribution >= 0.6 is 0 Å². The van der Waals surface area contributed by atoms with E-state index in [2.05, 4.69) is 37.7 Å². The Balaban J connectivity index is 0. The Hall–Kier alpha value is 1.02. The van der Waals surface area contributed by atoms with Gasteiger partial charge in [-0.25, -0.2) is 0 Å². The Morgan fingerprint density at radius 1 is 0.900 bits per heavy atom. The van der Waals surface area contributed by atoms with Crippen LogP contribution < -0.4 is 0 Å². The third-order valence-electron chi connectivity index (χ3n) is 1.56. The predicted octanol–water partition coefficient (Wildman–Crippen LogP) is 0.845. The smallest absolute Gasteiger partial charge is 0.0500 e. The fourth-order valence-electron chi connectivity index (χ4n) is 0.612. The molecule has 0 fully saturated rings. The van der Waals surface area contributed by atoms with Crippen LogP contribution in [0.1, 0.15) is 13.8 Å². The van der Waals surface area contributed by atoms with Crippen molar-refractivity contribution >= 4 is 0 Å². The van der Waals surface area contributed by atoms with Crippen molar-refractivity contribution in [3.63, 3.8) is 0 Å². The van der Waals surface area contributed by atoms with Crippen molar-refractivity contribution in [3.8, 4) is 0 Å². The van der Waals surface area contributed by atoms with Crippen LogP contribution in [0.4, 0.5) is 0 Å². The largest absolute Gasteiger partial charge is 0.294 e. The molecule has 59 valence electrons. The second kappa shape index (κ2) is 8.12. The molecular formula is C7H18N2Y. The summed E-state index contributed by atoms with van der Waals surface area (Å²) >= 11 is 0. The van der Waals surface area contributed by atoms with Crippen LogP contribution in [0.2, 0.25) is 0 Å². The summed E-state index contributed by atoms with van der Waals surface area (Å²) in [7, 11) is 4.26. The number of nitrogens with zero attached hydrogens (tertiary/aromatic N) is 2. The molecule has 0 spiro atoms. The van der Waals surface area contributed by atoms with E-state index in [1.54, 1.807) is 0 Å². The second-order valence-electron chi connectivity index (χ2n) is 2.49. The topological polar surface area (TPSA) is 6.48 Å². The first-order valence-corrected chi connectivity index (χ1v) is 3.57. The number of hydrogen-bond donors (Lipinski definition) is 0. The minimum absolute atomic E-state index is 0. The molecule has 0 saturated heterocycles. The monoisotopic (exact) mass is 219 g/mol. The van der Waals surface area contributed by atoms with Gasteiger partial charge in [-0.1, -0.05) is 13.8 Å². The van der Waals surface area contributed by atoms with Crippen LogP contribution in [0.5, 0.6) is 0 Å². The van der Waals surface area contributed by atoms with E-state index in [1.807, 2.05) is 0 Å². The van der Waals surface area contributed by atoms with Crippen molar-refractivity contribution in [1.82, 2.24) is 9.80 Å². The van der Waals surface area contributed by atoms with Gasteiger partial charge >= 0.3 is 0 Å². The fourth-order valence-corrected chi connectivity index (χ4v) is 0.612. The first kappa shape index (κ1) is 13.6. The molecule has 0 atom stereocenters. The standard InChI is InChI=1S/C7H18N2.Y/c1-5-8(3)7-9(4)6-2;/h5-7H2,1-4H3;. The summed E-state index contributed by atoms with van der Waals surface area (Å²) in [5.41, 5.74) is 0. The maximum absolute atomic E-state index is 2.28. The van der Waals surface area contributed by atoms with Gasteiger partial charge in [0.1, 0.15) is 0 Å². The molecule has 0 saturated carbocycles. The maximum Gasteiger partial charge on any atom is 0.0500 e. The van der Waals surface area contributed by atoms with Gasteiger partial charge in [0.15, 0.2) is 0 Å². The van der Waals surface area contributed by atoms with Crippen molar-refractivity contribution < 1.29 is 32.7 Å². The molecule has 0 bridgehead atoms. The van der Waals surface area contributed by atoms with Gasteiger partial charge in [0.2, 0.25) is 0 Å². The van der Waals surface area contributed by atoms with E-state index < -0.39 is 0 Å². The Kier molecular flexibility index (Phi) is 11.1. The first-order valence-electron chi connectivity index (χ1n) is 3.57. The van der Waals surface area contributed by atoms with Gasteiger partial charge in [-0.3, -0.25) is 9.80 Å². The van der Waals surface area contributed by atoms with Crippen LogP contribution in [0.25, 0.3) is 0 Å². The predicted molar refractivity (Wildman–Crippen MR) is 41.5 cm³/mol. The summed E-state index contributed by atoms with van der Waals surface area (Å²) in [6.45, 7) is 7.68. The minimum Gasteiger partial charge on any atom is -0.294 e. The molecule has 10 heavy (non-hydrogen) atoms. The summed E-state index contributed by atoms with van der Waals surface area (Å²) in [5.74, 6) is 0. The minimum atomic E-state index is 0. The molecular weight excluding hydrogens is 201 g/mol. The van der Waals surface area contributed by atoms with Crippen LogP contribution in [-0.4, -0.2) is 43.7 Å². The molecule has 0 rings (SSSR count). The molecule has 0 aliphatic heterocycles. The van der Waals surface area contributed by atoms with E-state index in [0.29, 0.717) is 0 Å². The molecule has 0 N–H and O–H groups in total. The molecule has 1 radical (unpaired) electrons. The van der Waals surface area contributed by atoms with Crippen molar-refractivity contribution in [2.24, 2.45) is 0 Å². The van der Waals surface area contributed by atoms with E-state index in [4.69, 9.17) is 0 Å². The van der Waals surface area contributed by atoms with Crippen LogP contribution in [0, 0.1) is 0 Å². The van der Waals surface area contributed by atoms with Gasteiger partial charge < -0.3 is 0 Å². The van der Waals surface area contributed by atoms with Crippen molar-refractivity contribution in [2.75, 3.05) is 33.9 Å². The fraction of sp³-hybridized carbons (Fsp3) is 1.00. The molecule has 0 unspecified atom stereocenters. The number of rotatable bonds is 4. The quantitative estimate of drug-likeness (QED) is 0.646. The summed E-state index contributed by atoms with van der Waals surface area (Å²) in [4.78, 5) is 4.56.